The Morgan fingerprint density at radius 1 is 1.31 bits per heavy atom. The van der Waals surface area contributed by atoms with Gasteiger partial charge in [0.15, 0.2) is 0 Å². The van der Waals surface area contributed by atoms with E-state index in [-0.39, 0.29) is 10.8 Å². The highest BCUT2D eigenvalue weighted by molar-refractivity contribution is 7.86. The van der Waals surface area contributed by atoms with E-state index >= 15 is 0 Å². The van der Waals surface area contributed by atoms with Crippen molar-refractivity contribution in [1.82, 2.24) is 5.32 Å². The zero-order chi connectivity index (χ0) is 12.2. The van der Waals surface area contributed by atoms with E-state index in [9.17, 15) is 17.1 Å². The lowest BCUT2D eigenvalue weighted by Gasteiger charge is -2.02. The van der Waals surface area contributed by atoms with Crippen molar-refractivity contribution in [3.05, 3.63) is 29.8 Å². The minimum absolute atomic E-state index is 0.122. The Labute approximate surface area is 93.7 Å². The van der Waals surface area contributed by atoms with Crippen molar-refractivity contribution in [2.24, 2.45) is 0 Å². The molecule has 0 aliphatic heterocycles. The molecular weight excluding hydrogens is 233 g/mol. The van der Waals surface area contributed by atoms with Crippen LogP contribution in [0.25, 0.3) is 0 Å². The molecule has 1 aromatic carbocycles. The van der Waals surface area contributed by atoms with E-state index in [1.807, 2.05) is 0 Å². The van der Waals surface area contributed by atoms with Crippen molar-refractivity contribution >= 4 is 16.1 Å². The maximum atomic E-state index is 12.5. The molecule has 0 spiro atoms. The number of rotatable bonds is 4. The van der Waals surface area contributed by atoms with Crippen LogP contribution in [0.1, 0.15) is 12.5 Å². The molecule has 0 atom stereocenters. The molecular formula is C10H12FNO3S. The molecule has 0 saturated heterocycles. The predicted molar refractivity (Wildman–Crippen MR) is 57.1 cm³/mol. The third-order valence-corrected chi connectivity index (χ3v) is 2.83. The number of carbonyl (C=O) groups excluding carboxylic acids is 1. The smallest absolute Gasteiger partial charge is 0.332 e. The predicted octanol–water partition coefficient (Wildman–Crippen LogP) is 1.02. The summed E-state index contributed by atoms with van der Waals surface area (Å²) in [6.45, 7) is 1.88. The van der Waals surface area contributed by atoms with Crippen LogP contribution in [0.2, 0.25) is 0 Å². The largest absolute Gasteiger partial charge is 0.356 e. The fraction of sp³-hybridized carbons (Fsp3) is 0.300. The first-order valence-corrected chi connectivity index (χ1v) is 6.06. The lowest BCUT2D eigenvalue weighted by atomic mass is 10.1. The molecule has 0 bridgehead atoms. The number of amides is 1. The topological polar surface area (TPSA) is 63.2 Å². The van der Waals surface area contributed by atoms with Gasteiger partial charge in [0.05, 0.1) is 4.90 Å². The van der Waals surface area contributed by atoms with E-state index in [4.69, 9.17) is 0 Å². The van der Waals surface area contributed by atoms with Gasteiger partial charge in [-0.2, -0.15) is 8.42 Å². The Bertz CT molecular complexity index is 467. The Kier molecular flexibility index (Phi) is 4.00. The summed E-state index contributed by atoms with van der Waals surface area (Å²) in [6.07, 6.45) is 0.576. The van der Waals surface area contributed by atoms with Gasteiger partial charge in [-0.15, -0.1) is 3.89 Å². The highest BCUT2D eigenvalue weighted by Gasteiger charge is 2.10. The van der Waals surface area contributed by atoms with Crippen LogP contribution in [-0.2, 0) is 21.4 Å². The summed E-state index contributed by atoms with van der Waals surface area (Å²) in [5, 5.41) is 2.61. The van der Waals surface area contributed by atoms with Gasteiger partial charge in [0.25, 0.3) is 0 Å². The van der Waals surface area contributed by atoms with Gasteiger partial charge in [-0.05, 0) is 24.1 Å². The van der Waals surface area contributed by atoms with Gasteiger partial charge in [-0.3, -0.25) is 4.79 Å². The van der Waals surface area contributed by atoms with Crippen LogP contribution in [-0.4, -0.2) is 20.9 Å². The number of carbonyl (C=O) groups is 1. The Hall–Kier alpha value is -1.43. The molecule has 1 amide bonds. The lowest BCUT2D eigenvalue weighted by molar-refractivity contribution is -0.118. The molecule has 0 radical (unpaired) electrons. The highest BCUT2D eigenvalue weighted by atomic mass is 32.3. The molecule has 6 heteroatoms. The summed E-state index contributed by atoms with van der Waals surface area (Å²) in [5.41, 5.74) is 0.834. The van der Waals surface area contributed by atoms with Crippen LogP contribution < -0.4 is 5.32 Å². The summed E-state index contributed by atoms with van der Waals surface area (Å²) in [7, 11) is -4.62. The van der Waals surface area contributed by atoms with Gasteiger partial charge in [0.2, 0.25) is 5.91 Å². The second-order valence-electron chi connectivity index (χ2n) is 3.31. The van der Waals surface area contributed by atoms with E-state index in [1.54, 1.807) is 0 Å². The van der Waals surface area contributed by atoms with E-state index < -0.39 is 10.2 Å². The normalized spacial score (nSPS) is 11.1. The fourth-order valence-corrected chi connectivity index (χ4v) is 1.66. The van der Waals surface area contributed by atoms with Crippen molar-refractivity contribution in [2.45, 2.75) is 18.2 Å². The van der Waals surface area contributed by atoms with Crippen LogP contribution in [0.3, 0.4) is 0 Å². The minimum atomic E-state index is -4.62. The summed E-state index contributed by atoms with van der Waals surface area (Å²) in [4.78, 5) is 10.2. The molecule has 1 aromatic rings. The van der Waals surface area contributed by atoms with E-state index in [0.717, 1.165) is 5.56 Å². The average molecular weight is 245 g/mol. The van der Waals surface area contributed by atoms with Crippen molar-refractivity contribution < 1.29 is 17.1 Å². The third kappa shape index (κ3) is 3.98. The van der Waals surface area contributed by atoms with Gasteiger partial charge < -0.3 is 5.32 Å². The molecule has 0 aliphatic rings. The number of hydrogen-bond donors (Lipinski definition) is 1. The highest BCUT2D eigenvalue weighted by Crippen LogP contribution is 2.13. The molecule has 0 fully saturated rings. The number of hydrogen-bond acceptors (Lipinski definition) is 3. The molecule has 4 nitrogen and oxygen atoms in total. The van der Waals surface area contributed by atoms with Gasteiger partial charge in [0, 0.05) is 13.5 Å². The van der Waals surface area contributed by atoms with Crippen LogP contribution in [0.4, 0.5) is 3.89 Å². The Morgan fingerprint density at radius 3 is 2.31 bits per heavy atom. The molecule has 1 N–H and O–H groups in total. The van der Waals surface area contributed by atoms with Crippen molar-refractivity contribution in [1.29, 1.82) is 0 Å². The molecule has 0 saturated carbocycles. The second kappa shape index (κ2) is 5.07. The molecule has 88 valence electrons. The summed E-state index contributed by atoms with van der Waals surface area (Å²) in [6, 6.07) is 5.46. The zero-order valence-corrected chi connectivity index (χ0v) is 9.55. The first kappa shape index (κ1) is 12.6. The standard InChI is InChI=1S/C10H12FNO3S/c1-8(13)12-7-6-9-2-4-10(5-3-9)16(11,14)15/h2-5H,6-7H2,1H3,(H,12,13). The molecule has 16 heavy (non-hydrogen) atoms. The van der Waals surface area contributed by atoms with E-state index in [2.05, 4.69) is 5.32 Å². The monoisotopic (exact) mass is 245 g/mol. The van der Waals surface area contributed by atoms with Gasteiger partial charge in [-0.25, -0.2) is 0 Å². The Balaban J connectivity index is 2.62. The molecule has 0 unspecified atom stereocenters. The molecule has 0 heterocycles. The van der Waals surface area contributed by atoms with E-state index in [0.29, 0.717) is 13.0 Å². The molecule has 1 rings (SSSR count). The van der Waals surface area contributed by atoms with Crippen molar-refractivity contribution in [2.75, 3.05) is 6.54 Å². The zero-order valence-electron chi connectivity index (χ0n) is 8.73. The van der Waals surface area contributed by atoms with Crippen LogP contribution in [0, 0.1) is 0 Å². The van der Waals surface area contributed by atoms with Gasteiger partial charge in [-0.1, -0.05) is 12.1 Å². The molecule has 0 aliphatic carbocycles. The number of halogens is 1. The third-order valence-electron chi connectivity index (χ3n) is 1.99. The van der Waals surface area contributed by atoms with Crippen LogP contribution in [0.5, 0.6) is 0 Å². The van der Waals surface area contributed by atoms with E-state index in [1.165, 1.54) is 31.2 Å². The SMILES string of the molecule is CC(=O)NCCc1ccc(S(=O)(=O)F)cc1. The second-order valence-corrected chi connectivity index (χ2v) is 4.66. The first-order chi connectivity index (χ1) is 7.39. The van der Waals surface area contributed by atoms with Crippen LogP contribution in [0.15, 0.2) is 29.2 Å². The maximum Gasteiger partial charge on any atom is 0.332 e. The van der Waals surface area contributed by atoms with Gasteiger partial charge in [0.1, 0.15) is 0 Å². The quantitative estimate of drug-likeness (QED) is 0.806. The van der Waals surface area contributed by atoms with Crippen molar-refractivity contribution in [3.8, 4) is 0 Å². The number of benzene rings is 1. The fourth-order valence-electron chi connectivity index (χ4n) is 1.20. The summed E-state index contributed by atoms with van der Waals surface area (Å²) < 4.78 is 33.6. The minimum Gasteiger partial charge on any atom is -0.356 e. The lowest BCUT2D eigenvalue weighted by Crippen LogP contribution is -2.22. The first-order valence-electron chi connectivity index (χ1n) is 4.67. The maximum absolute atomic E-state index is 12.5. The number of nitrogens with one attached hydrogen (secondary N) is 1. The van der Waals surface area contributed by atoms with Crippen LogP contribution >= 0.6 is 0 Å². The molecule has 0 aromatic heterocycles. The Morgan fingerprint density at radius 2 is 1.88 bits per heavy atom. The summed E-state index contributed by atoms with van der Waals surface area (Å²) in [5.74, 6) is -0.122. The van der Waals surface area contributed by atoms with Crippen molar-refractivity contribution in [3.63, 3.8) is 0 Å². The summed E-state index contributed by atoms with van der Waals surface area (Å²) >= 11 is 0. The van der Waals surface area contributed by atoms with Gasteiger partial charge >= 0.3 is 10.2 Å². The average Bonchev–Trinajstić information content (AvgIpc) is 2.16.